The number of rotatable bonds is 1. The van der Waals surface area contributed by atoms with Crippen LogP contribution in [0.5, 0.6) is 5.75 Å². The molecule has 0 saturated heterocycles. The first-order valence-corrected chi connectivity index (χ1v) is 6.67. The zero-order chi connectivity index (χ0) is 13.6. The molecule has 19 heavy (non-hydrogen) atoms. The molecule has 0 atom stereocenters. The molecule has 96 valence electrons. The Kier molecular flexibility index (Phi) is 2.82. The molecule has 3 rings (SSSR count). The number of hydrogen-bond acceptors (Lipinski definition) is 2. The molecule has 0 fully saturated rings. The minimum Gasteiger partial charge on any atom is -0.496 e. The van der Waals surface area contributed by atoms with Crippen molar-refractivity contribution in [1.82, 2.24) is 4.57 Å². The predicted octanol–water partition coefficient (Wildman–Crippen LogP) is 3.46. The van der Waals surface area contributed by atoms with Gasteiger partial charge in [0.15, 0.2) is 0 Å². The van der Waals surface area contributed by atoms with Gasteiger partial charge >= 0.3 is 0 Å². The number of para-hydroxylation sites is 1. The molecule has 0 unspecified atom stereocenters. The lowest BCUT2D eigenvalue weighted by Gasteiger charge is -1.97. The summed E-state index contributed by atoms with van der Waals surface area (Å²) in [6.45, 7) is 0. The lowest BCUT2D eigenvalue weighted by molar-refractivity contribution is 0.413. The first-order chi connectivity index (χ1) is 9.13. The fraction of sp³-hybridized carbons (Fsp3) is 0.133. The second kappa shape index (κ2) is 4.38. The Morgan fingerprint density at radius 1 is 1.16 bits per heavy atom. The average Bonchev–Trinajstić information content (AvgIpc) is 2.61. The van der Waals surface area contributed by atoms with Crippen LogP contribution in [-0.2, 0) is 7.05 Å². The normalized spacial score (nSPS) is 11.1. The maximum atomic E-state index is 12.4. The lowest BCUT2D eigenvalue weighted by Crippen LogP contribution is -2.01. The van der Waals surface area contributed by atoms with Gasteiger partial charge in [-0.25, -0.2) is 0 Å². The second-order valence-corrected chi connectivity index (χ2v) is 5.26. The summed E-state index contributed by atoms with van der Waals surface area (Å²) in [5, 5.41) is 1.96. The summed E-state index contributed by atoms with van der Waals surface area (Å²) in [5.74, 6) is 0.656. The van der Waals surface area contributed by atoms with E-state index in [9.17, 15) is 4.79 Å². The smallest absolute Gasteiger partial charge is 0.204 e. The van der Waals surface area contributed by atoms with Crippen LogP contribution in [0.4, 0.5) is 0 Å². The molecule has 0 aliphatic heterocycles. The monoisotopic (exact) mass is 317 g/mol. The summed E-state index contributed by atoms with van der Waals surface area (Å²) in [4.78, 5) is 12.4. The fourth-order valence-corrected chi connectivity index (χ4v) is 2.96. The highest BCUT2D eigenvalue weighted by molar-refractivity contribution is 9.10. The van der Waals surface area contributed by atoms with Crippen LogP contribution in [0.2, 0.25) is 0 Å². The largest absolute Gasteiger partial charge is 0.496 e. The number of aryl methyl sites for hydroxylation is 1. The number of aromatic nitrogens is 1. The van der Waals surface area contributed by atoms with Crippen molar-refractivity contribution in [2.45, 2.75) is 0 Å². The van der Waals surface area contributed by atoms with E-state index >= 15 is 0 Å². The van der Waals surface area contributed by atoms with Crippen molar-refractivity contribution in [3.8, 4) is 5.75 Å². The predicted molar refractivity (Wildman–Crippen MR) is 80.9 cm³/mol. The van der Waals surface area contributed by atoms with Gasteiger partial charge in [-0.15, -0.1) is 0 Å². The number of methoxy groups -OCH3 is 1. The highest BCUT2D eigenvalue weighted by Gasteiger charge is 2.12. The summed E-state index contributed by atoms with van der Waals surface area (Å²) in [6.07, 6.45) is 0. The maximum Gasteiger partial charge on any atom is 0.204 e. The Balaban J connectivity index is 2.67. The molecule has 3 aromatic rings. The molecule has 0 aliphatic carbocycles. The first kappa shape index (κ1) is 12.2. The van der Waals surface area contributed by atoms with Crippen LogP contribution in [0.25, 0.3) is 21.8 Å². The van der Waals surface area contributed by atoms with Crippen molar-refractivity contribution in [2.75, 3.05) is 7.11 Å². The number of hydrogen-bond donors (Lipinski definition) is 0. The summed E-state index contributed by atoms with van der Waals surface area (Å²) in [5.41, 5.74) is 1.70. The molecule has 0 aliphatic rings. The van der Waals surface area contributed by atoms with Crippen molar-refractivity contribution >= 4 is 37.7 Å². The Morgan fingerprint density at radius 2 is 1.89 bits per heavy atom. The van der Waals surface area contributed by atoms with Crippen LogP contribution in [0.1, 0.15) is 0 Å². The Bertz CT molecular complexity index is 852. The number of fused-ring (bicyclic) bond motifs is 3. The van der Waals surface area contributed by atoms with Crippen molar-refractivity contribution < 1.29 is 4.74 Å². The van der Waals surface area contributed by atoms with Gasteiger partial charge in [-0.3, -0.25) is 4.79 Å². The number of nitrogens with zero attached hydrogens (tertiary/aromatic N) is 1. The van der Waals surface area contributed by atoms with Gasteiger partial charge in [0, 0.05) is 29.4 Å². The third-order valence-corrected chi connectivity index (χ3v) is 3.99. The van der Waals surface area contributed by atoms with Gasteiger partial charge in [0.05, 0.1) is 17.1 Å². The van der Waals surface area contributed by atoms with Crippen LogP contribution >= 0.6 is 15.9 Å². The van der Waals surface area contributed by atoms with Crippen LogP contribution in [-0.4, -0.2) is 11.7 Å². The third kappa shape index (κ3) is 1.75. The standard InChI is InChI=1S/C15H12BrNO2/c1-17-12-6-4-3-5-9(12)10-7-14(19-2)11(16)8-13(18)15(10)17/h3-8H,1-2H3. The van der Waals surface area contributed by atoms with Crippen molar-refractivity contribution in [3.05, 3.63) is 51.1 Å². The SMILES string of the molecule is COc1cc2c3ccccc3n(C)c2c(=O)cc1Br. The van der Waals surface area contributed by atoms with E-state index in [1.165, 1.54) is 0 Å². The Morgan fingerprint density at radius 3 is 2.63 bits per heavy atom. The van der Waals surface area contributed by atoms with E-state index in [1.807, 2.05) is 41.9 Å². The topological polar surface area (TPSA) is 31.2 Å². The first-order valence-electron chi connectivity index (χ1n) is 5.88. The Hall–Kier alpha value is -1.81. The molecule has 0 bridgehead atoms. The molecular weight excluding hydrogens is 306 g/mol. The van der Waals surface area contributed by atoms with Gasteiger partial charge < -0.3 is 9.30 Å². The van der Waals surface area contributed by atoms with Crippen LogP contribution < -0.4 is 10.2 Å². The van der Waals surface area contributed by atoms with Gasteiger partial charge in [0.2, 0.25) is 5.43 Å². The minimum atomic E-state index is -0.0242. The number of ether oxygens (including phenoxy) is 1. The van der Waals surface area contributed by atoms with E-state index < -0.39 is 0 Å². The highest BCUT2D eigenvalue weighted by Crippen LogP contribution is 2.31. The van der Waals surface area contributed by atoms with E-state index in [4.69, 9.17) is 4.74 Å². The maximum absolute atomic E-state index is 12.4. The van der Waals surface area contributed by atoms with Crippen LogP contribution in [0.15, 0.2) is 45.7 Å². The molecule has 2 aromatic carbocycles. The molecule has 4 heteroatoms. The summed E-state index contributed by atoms with van der Waals surface area (Å²) >= 11 is 3.38. The molecule has 0 radical (unpaired) electrons. The van der Waals surface area contributed by atoms with Crippen molar-refractivity contribution in [2.24, 2.45) is 7.05 Å². The summed E-state index contributed by atoms with van der Waals surface area (Å²) in [7, 11) is 3.51. The molecule has 0 amide bonds. The lowest BCUT2D eigenvalue weighted by atomic mass is 10.2. The number of halogens is 1. The summed E-state index contributed by atoms with van der Waals surface area (Å²) < 4.78 is 7.93. The third-order valence-electron chi connectivity index (χ3n) is 3.37. The summed E-state index contributed by atoms with van der Waals surface area (Å²) in [6, 6.07) is 11.4. The van der Waals surface area contributed by atoms with Crippen molar-refractivity contribution in [1.29, 1.82) is 0 Å². The van der Waals surface area contributed by atoms with Gasteiger partial charge in [-0.05, 0) is 28.1 Å². The molecule has 1 aromatic heterocycles. The molecule has 1 heterocycles. The second-order valence-electron chi connectivity index (χ2n) is 4.41. The van der Waals surface area contributed by atoms with Gasteiger partial charge in [-0.1, -0.05) is 18.2 Å². The fourth-order valence-electron chi connectivity index (χ4n) is 2.48. The van der Waals surface area contributed by atoms with Crippen LogP contribution in [0.3, 0.4) is 0 Å². The van der Waals surface area contributed by atoms with E-state index in [0.717, 1.165) is 16.3 Å². The van der Waals surface area contributed by atoms with E-state index in [0.29, 0.717) is 15.7 Å². The molecular formula is C15H12BrNO2. The van der Waals surface area contributed by atoms with E-state index in [1.54, 1.807) is 13.2 Å². The molecule has 0 saturated carbocycles. The zero-order valence-electron chi connectivity index (χ0n) is 10.6. The molecule has 0 spiro atoms. The van der Waals surface area contributed by atoms with E-state index in [-0.39, 0.29) is 5.43 Å². The van der Waals surface area contributed by atoms with E-state index in [2.05, 4.69) is 15.9 Å². The van der Waals surface area contributed by atoms with Gasteiger partial charge in [0.1, 0.15) is 5.75 Å². The minimum absolute atomic E-state index is 0.0242. The number of benzene rings is 1. The van der Waals surface area contributed by atoms with Crippen molar-refractivity contribution in [3.63, 3.8) is 0 Å². The van der Waals surface area contributed by atoms with Gasteiger partial charge in [0.25, 0.3) is 0 Å². The highest BCUT2D eigenvalue weighted by atomic mass is 79.9. The van der Waals surface area contributed by atoms with Crippen LogP contribution in [0, 0.1) is 0 Å². The molecule has 0 N–H and O–H groups in total. The average molecular weight is 318 g/mol. The quantitative estimate of drug-likeness (QED) is 0.688. The Labute approximate surface area is 118 Å². The molecule has 3 nitrogen and oxygen atoms in total. The zero-order valence-corrected chi connectivity index (χ0v) is 12.2. The van der Waals surface area contributed by atoms with Gasteiger partial charge in [-0.2, -0.15) is 0 Å².